The highest BCUT2D eigenvalue weighted by Crippen LogP contribution is 2.25. The minimum Gasteiger partial charge on any atom is -0.376 e. The van der Waals surface area contributed by atoms with Crippen LogP contribution >= 0.6 is 0 Å². The van der Waals surface area contributed by atoms with Gasteiger partial charge < -0.3 is 5.11 Å². The highest BCUT2D eigenvalue weighted by atomic mass is 28.3. The Hall–Kier alpha value is -2.26. The molecular weight excluding hydrogens is 332 g/mol. The number of benzene rings is 2. The Morgan fingerprint density at radius 1 is 0.846 bits per heavy atom. The van der Waals surface area contributed by atoms with Crippen LogP contribution in [0.25, 0.3) is 0 Å². The number of rotatable bonds is 1. The minimum absolute atomic E-state index is 0.0348. The van der Waals surface area contributed by atoms with E-state index in [0.717, 1.165) is 16.7 Å². The van der Waals surface area contributed by atoms with Crippen LogP contribution in [0.15, 0.2) is 48.5 Å². The first kappa shape index (κ1) is 20.1. The van der Waals surface area contributed by atoms with Gasteiger partial charge in [-0.2, -0.15) is 0 Å². The van der Waals surface area contributed by atoms with Gasteiger partial charge in [0.1, 0.15) is 14.2 Å². The van der Waals surface area contributed by atoms with Gasteiger partial charge in [0.05, 0.1) is 0 Å². The summed E-state index contributed by atoms with van der Waals surface area (Å²) in [7, 11) is -1.53. The van der Waals surface area contributed by atoms with Crippen molar-refractivity contribution in [3.8, 4) is 23.3 Å². The van der Waals surface area contributed by atoms with Crippen molar-refractivity contribution in [2.24, 2.45) is 0 Å². The van der Waals surface area contributed by atoms with Crippen molar-refractivity contribution >= 4 is 8.07 Å². The molecule has 26 heavy (non-hydrogen) atoms. The lowest BCUT2D eigenvalue weighted by atomic mass is 9.84. The molecule has 1 nitrogen and oxygen atoms in total. The van der Waals surface area contributed by atoms with Crippen LogP contribution in [0.3, 0.4) is 0 Å². The lowest BCUT2D eigenvalue weighted by Crippen LogP contribution is -2.17. The highest BCUT2D eigenvalue weighted by Gasteiger charge is 2.16. The summed E-state index contributed by atoms with van der Waals surface area (Å²) in [5, 5.41) is 10.5. The van der Waals surface area contributed by atoms with Gasteiger partial charge in [-0.15, -0.1) is 5.54 Å². The van der Waals surface area contributed by atoms with Crippen molar-refractivity contribution in [1.82, 2.24) is 0 Å². The number of hydrogen-bond acceptors (Lipinski definition) is 1. The fourth-order valence-corrected chi connectivity index (χ4v) is 3.16. The van der Waals surface area contributed by atoms with E-state index in [1.807, 2.05) is 30.3 Å². The van der Waals surface area contributed by atoms with Crippen LogP contribution in [0, 0.1) is 23.3 Å². The molecule has 0 saturated heterocycles. The molecule has 0 aliphatic rings. The quantitative estimate of drug-likeness (QED) is 0.540. The molecule has 0 fully saturated rings. The lowest BCUT2D eigenvalue weighted by molar-refractivity contribution is 0.238. The maximum Gasteiger partial charge on any atom is 0.140 e. The second-order valence-electron chi connectivity index (χ2n) is 8.55. The van der Waals surface area contributed by atoms with Crippen molar-refractivity contribution < 1.29 is 5.11 Å². The summed E-state index contributed by atoms with van der Waals surface area (Å²) in [6.07, 6.45) is -0.801. The van der Waals surface area contributed by atoms with Crippen LogP contribution in [0.2, 0.25) is 19.6 Å². The molecule has 0 spiro atoms. The Balaban J connectivity index is 2.43. The first-order valence-electron chi connectivity index (χ1n) is 8.99. The smallest absolute Gasteiger partial charge is 0.140 e. The van der Waals surface area contributed by atoms with Crippen LogP contribution in [0.1, 0.15) is 49.1 Å². The molecule has 0 radical (unpaired) electrons. The van der Waals surface area contributed by atoms with Crippen LogP contribution in [-0.4, -0.2) is 13.2 Å². The monoisotopic (exact) mass is 360 g/mol. The van der Waals surface area contributed by atoms with E-state index in [4.69, 9.17) is 0 Å². The molecule has 2 aromatic carbocycles. The van der Waals surface area contributed by atoms with Crippen molar-refractivity contribution in [1.29, 1.82) is 0 Å². The Morgan fingerprint density at radius 2 is 1.38 bits per heavy atom. The fraction of sp³-hybridized carbons (Fsp3) is 0.333. The SMILES string of the molecule is CC(C)(C)c1ccccc1C#Cc1ccccc1C(O)C#C[Si](C)(C)C. The van der Waals surface area contributed by atoms with E-state index in [9.17, 15) is 5.11 Å². The highest BCUT2D eigenvalue weighted by molar-refractivity contribution is 6.83. The Labute approximate surface area is 159 Å². The molecule has 0 aliphatic carbocycles. The number of aliphatic hydroxyl groups excluding tert-OH is 1. The van der Waals surface area contributed by atoms with Crippen LogP contribution < -0.4 is 0 Å². The molecule has 0 heterocycles. The molecule has 2 heteroatoms. The molecule has 1 N–H and O–H groups in total. The second-order valence-corrected chi connectivity index (χ2v) is 13.3. The first-order chi connectivity index (χ1) is 12.1. The van der Waals surface area contributed by atoms with Gasteiger partial charge in [0.2, 0.25) is 0 Å². The normalized spacial score (nSPS) is 12.4. The molecule has 0 aromatic heterocycles. The van der Waals surface area contributed by atoms with Crippen molar-refractivity contribution in [3.05, 3.63) is 70.8 Å². The average Bonchev–Trinajstić information content (AvgIpc) is 2.57. The zero-order valence-corrected chi connectivity index (χ0v) is 17.6. The van der Waals surface area contributed by atoms with E-state index < -0.39 is 14.2 Å². The largest absolute Gasteiger partial charge is 0.376 e. The average molecular weight is 361 g/mol. The zero-order chi connectivity index (χ0) is 19.4. The van der Waals surface area contributed by atoms with Gasteiger partial charge in [-0.25, -0.2) is 0 Å². The summed E-state index contributed by atoms with van der Waals surface area (Å²) < 4.78 is 0. The lowest BCUT2D eigenvalue weighted by Gasteiger charge is -2.20. The van der Waals surface area contributed by atoms with Crippen molar-refractivity contribution in [3.63, 3.8) is 0 Å². The van der Waals surface area contributed by atoms with E-state index in [2.05, 4.69) is 81.9 Å². The van der Waals surface area contributed by atoms with Crippen LogP contribution in [0.4, 0.5) is 0 Å². The fourth-order valence-electron chi connectivity index (χ4n) is 2.59. The third-order valence-electron chi connectivity index (χ3n) is 3.91. The second kappa shape index (κ2) is 7.96. The predicted molar refractivity (Wildman–Crippen MR) is 114 cm³/mol. The Morgan fingerprint density at radius 3 is 2.00 bits per heavy atom. The van der Waals surface area contributed by atoms with Crippen molar-refractivity contribution in [2.45, 2.75) is 51.9 Å². The van der Waals surface area contributed by atoms with Gasteiger partial charge >= 0.3 is 0 Å². The van der Waals surface area contributed by atoms with Crippen molar-refractivity contribution in [2.75, 3.05) is 0 Å². The van der Waals surface area contributed by atoms with Gasteiger partial charge in [-0.05, 0) is 23.1 Å². The molecule has 0 saturated carbocycles. The van der Waals surface area contributed by atoms with Gasteiger partial charge in [0, 0.05) is 16.7 Å². The van der Waals surface area contributed by atoms with Gasteiger partial charge in [-0.1, -0.05) is 94.6 Å². The summed E-state index contributed by atoms with van der Waals surface area (Å²) in [4.78, 5) is 0. The summed E-state index contributed by atoms with van der Waals surface area (Å²) in [5.74, 6) is 9.57. The zero-order valence-electron chi connectivity index (χ0n) is 16.6. The molecular formula is C24H28OSi. The van der Waals surface area contributed by atoms with Crippen LogP contribution in [0.5, 0.6) is 0 Å². The molecule has 134 valence electrons. The summed E-state index contributed by atoms with van der Waals surface area (Å²) in [6.45, 7) is 13.1. The minimum atomic E-state index is -1.53. The molecule has 0 bridgehead atoms. The van der Waals surface area contributed by atoms with E-state index in [1.54, 1.807) is 0 Å². The topological polar surface area (TPSA) is 20.2 Å². The third-order valence-corrected chi connectivity index (χ3v) is 4.80. The Bertz CT molecular complexity index is 890. The first-order valence-corrected chi connectivity index (χ1v) is 12.5. The van der Waals surface area contributed by atoms with Gasteiger partial charge in [0.15, 0.2) is 0 Å². The van der Waals surface area contributed by atoms with E-state index in [1.165, 1.54) is 5.56 Å². The molecule has 1 atom stereocenters. The molecule has 0 amide bonds. The summed E-state index contributed by atoms with van der Waals surface area (Å²) in [5.41, 5.74) is 7.13. The third kappa shape index (κ3) is 5.63. The van der Waals surface area contributed by atoms with Gasteiger partial charge in [0.25, 0.3) is 0 Å². The molecule has 1 unspecified atom stereocenters. The maximum absolute atomic E-state index is 10.5. The standard InChI is InChI=1S/C24H28OSi/c1-24(2,3)22-14-10-8-12-20(22)16-15-19-11-7-9-13-21(19)23(25)17-18-26(4,5)6/h7-14,23,25H,1-6H3. The number of hydrogen-bond donors (Lipinski definition) is 1. The maximum atomic E-state index is 10.5. The van der Waals surface area contributed by atoms with E-state index >= 15 is 0 Å². The summed E-state index contributed by atoms with van der Waals surface area (Å²) >= 11 is 0. The molecule has 2 rings (SSSR count). The predicted octanol–water partition coefficient (Wildman–Crippen LogP) is 5.30. The molecule has 0 aliphatic heterocycles. The molecule has 2 aromatic rings. The number of aliphatic hydroxyl groups is 1. The van der Waals surface area contributed by atoms with Crippen LogP contribution in [-0.2, 0) is 5.41 Å². The summed E-state index contributed by atoms with van der Waals surface area (Å²) in [6, 6.07) is 16.0. The van der Waals surface area contributed by atoms with E-state index in [0.29, 0.717) is 0 Å². The van der Waals surface area contributed by atoms with Gasteiger partial charge in [-0.3, -0.25) is 0 Å². The van der Waals surface area contributed by atoms with E-state index in [-0.39, 0.29) is 5.41 Å². The Kier molecular flexibility index (Phi) is 6.14.